The molecule has 0 aliphatic rings. The molecule has 6 nitrogen and oxygen atoms in total. The second-order valence-electron chi connectivity index (χ2n) is 2.79. The number of hydrogen-bond donors (Lipinski definition) is 4. The summed E-state index contributed by atoms with van der Waals surface area (Å²) in [5.41, 5.74) is 0. The standard InChI is InChI=1S/C8H16O6/c1-2-14-8(6(12)4-10)7(13)5(11)3-9/h4-9,11-13H,2-3H2,1H3. The van der Waals surface area contributed by atoms with E-state index in [-0.39, 0.29) is 12.9 Å². The number of aliphatic hydroxyl groups is 4. The number of rotatable bonds is 7. The average molecular weight is 208 g/mol. The van der Waals surface area contributed by atoms with Gasteiger partial charge in [-0.1, -0.05) is 0 Å². The Morgan fingerprint density at radius 2 is 1.93 bits per heavy atom. The summed E-state index contributed by atoms with van der Waals surface area (Å²) in [5.74, 6) is 0. The van der Waals surface area contributed by atoms with Crippen LogP contribution in [0.4, 0.5) is 0 Å². The SMILES string of the molecule is CCOC(C(O)C=O)C(O)C(O)CO. The van der Waals surface area contributed by atoms with E-state index in [9.17, 15) is 9.90 Å². The number of carbonyl (C=O) groups excluding carboxylic acids is 1. The summed E-state index contributed by atoms with van der Waals surface area (Å²) >= 11 is 0. The van der Waals surface area contributed by atoms with Gasteiger partial charge >= 0.3 is 0 Å². The molecule has 0 rings (SSSR count). The maximum atomic E-state index is 10.3. The smallest absolute Gasteiger partial charge is 0.151 e. The molecule has 4 N–H and O–H groups in total. The molecular formula is C8H16O6. The van der Waals surface area contributed by atoms with E-state index in [1.165, 1.54) is 0 Å². The van der Waals surface area contributed by atoms with Gasteiger partial charge in [-0.2, -0.15) is 0 Å². The molecule has 0 spiro atoms. The number of ether oxygens (including phenoxy) is 1. The third kappa shape index (κ3) is 3.69. The van der Waals surface area contributed by atoms with Crippen LogP contribution in [0.5, 0.6) is 0 Å². The molecule has 4 atom stereocenters. The van der Waals surface area contributed by atoms with E-state index >= 15 is 0 Å². The van der Waals surface area contributed by atoms with Crippen LogP contribution < -0.4 is 0 Å². The lowest BCUT2D eigenvalue weighted by molar-refractivity contribution is -0.148. The molecule has 0 bridgehead atoms. The lowest BCUT2D eigenvalue weighted by atomic mass is 10.0. The van der Waals surface area contributed by atoms with Gasteiger partial charge in [-0.25, -0.2) is 0 Å². The largest absolute Gasteiger partial charge is 0.394 e. The fourth-order valence-corrected chi connectivity index (χ4v) is 0.996. The zero-order chi connectivity index (χ0) is 11.1. The van der Waals surface area contributed by atoms with Crippen molar-refractivity contribution in [3.8, 4) is 0 Å². The van der Waals surface area contributed by atoms with Gasteiger partial charge in [0, 0.05) is 6.61 Å². The number of aldehydes is 1. The van der Waals surface area contributed by atoms with Crippen LogP contribution in [-0.4, -0.2) is 64.3 Å². The minimum atomic E-state index is -1.52. The summed E-state index contributed by atoms with van der Waals surface area (Å²) in [6.07, 6.45) is -5.49. The first kappa shape index (κ1) is 13.5. The fraction of sp³-hybridized carbons (Fsp3) is 0.875. The summed E-state index contributed by atoms with van der Waals surface area (Å²) in [4.78, 5) is 10.3. The molecule has 4 unspecified atom stereocenters. The molecule has 0 saturated carbocycles. The Hall–Kier alpha value is -0.530. The highest BCUT2D eigenvalue weighted by Crippen LogP contribution is 2.08. The minimum absolute atomic E-state index is 0.171. The first-order valence-electron chi connectivity index (χ1n) is 4.30. The molecule has 0 aliphatic heterocycles. The molecule has 0 saturated heterocycles. The molecule has 6 heteroatoms. The van der Waals surface area contributed by atoms with Crippen LogP contribution in [0.3, 0.4) is 0 Å². The molecule has 0 radical (unpaired) electrons. The summed E-state index contributed by atoms with van der Waals surface area (Å²) in [6, 6.07) is 0. The molecule has 0 amide bonds. The molecule has 14 heavy (non-hydrogen) atoms. The van der Waals surface area contributed by atoms with Gasteiger partial charge in [-0.15, -0.1) is 0 Å². The van der Waals surface area contributed by atoms with Crippen LogP contribution >= 0.6 is 0 Å². The van der Waals surface area contributed by atoms with Crippen molar-refractivity contribution in [3.63, 3.8) is 0 Å². The Kier molecular flexibility index (Phi) is 6.60. The van der Waals surface area contributed by atoms with Crippen molar-refractivity contribution in [2.75, 3.05) is 13.2 Å². The maximum absolute atomic E-state index is 10.3. The monoisotopic (exact) mass is 208 g/mol. The molecule has 0 fully saturated rings. The first-order valence-corrected chi connectivity index (χ1v) is 4.30. The summed E-state index contributed by atoms with van der Waals surface area (Å²) in [7, 11) is 0. The van der Waals surface area contributed by atoms with Crippen LogP contribution in [0.1, 0.15) is 6.92 Å². The van der Waals surface area contributed by atoms with Crippen molar-refractivity contribution in [2.24, 2.45) is 0 Å². The van der Waals surface area contributed by atoms with Gasteiger partial charge in [0.1, 0.15) is 24.4 Å². The van der Waals surface area contributed by atoms with E-state index in [0.717, 1.165) is 0 Å². The molecule has 0 aromatic rings. The summed E-state index contributed by atoms with van der Waals surface area (Å²) in [5, 5.41) is 36.1. The van der Waals surface area contributed by atoms with Crippen molar-refractivity contribution < 1.29 is 30.0 Å². The van der Waals surface area contributed by atoms with Crippen LogP contribution in [0.25, 0.3) is 0 Å². The molecule has 0 aromatic heterocycles. The molecule has 0 aliphatic carbocycles. The third-order valence-electron chi connectivity index (χ3n) is 1.75. The quantitative estimate of drug-likeness (QED) is 0.349. The predicted molar refractivity (Wildman–Crippen MR) is 46.6 cm³/mol. The van der Waals surface area contributed by atoms with E-state index in [0.29, 0.717) is 0 Å². The molecule has 84 valence electrons. The summed E-state index contributed by atoms with van der Waals surface area (Å²) < 4.78 is 4.88. The van der Waals surface area contributed by atoms with Crippen molar-refractivity contribution in [1.29, 1.82) is 0 Å². The lowest BCUT2D eigenvalue weighted by Crippen LogP contribution is -2.48. The van der Waals surface area contributed by atoms with E-state index in [1.807, 2.05) is 0 Å². The van der Waals surface area contributed by atoms with Crippen molar-refractivity contribution in [1.82, 2.24) is 0 Å². The molecule has 0 heterocycles. The number of aliphatic hydroxyl groups excluding tert-OH is 4. The van der Waals surface area contributed by atoms with Crippen molar-refractivity contribution in [3.05, 3.63) is 0 Å². The van der Waals surface area contributed by atoms with E-state index in [2.05, 4.69) is 0 Å². The second-order valence-corrected chi connectivity index (χ2v) is 2.79. The first-order chi connectivity index (χ1) is 6.58. The van der Waals surface area contributed by atoms with Gasteiger partial charge in [-0.3, -0.25) is 0 Å². The Bertz CT molecular complexity index is 162. The van der Waals surface area contributed by atoms with Crippen LogP contribution in [0, 0.1) is 0 Å². The molecule has 0 aromatic carbocycles. The third-order valence-corrected chi connectivity index (χ3v) is 1.75. The fourth-order valence-electron chi connectivity index (χ4n) is 0.996. The Balaban J connectivity index is 4.38. The predicted octanol–water partition coefficient (Wildman–Crippen LogP) is -2.33. The highest BCUT2D eigenvalue weighted by molar-refractivity contribution is 5.56. The Morgan fingerprint density at radius 1 is 1.36 bits per heavy atom. The van der Waals surface area contributed by atoms with E-state index < -0.39 is 31.0 Å². The highest BCUT2D eigenvalue weighted by atomic mass is 16.5. The molecular weight excluding hydrogens is 192 g/mol. The average Bonchev–Trinajstić information content (AvgIpc) is 2.22. The van der Waals surface area contributed by atoms with Crippen LogP contribution in [0.15, 0.2) is 0 Å². The Morgan fingerprint density at radius 3 is 2.29 bits per heavy atom. The zero-order valence-electron chi connectivity index (χ0n) is 7.91. The van der Waals surface area contributed by atoms with Gasteiger partial charge in [0.05, 0.1) is 6.61 Å². The van der Waals surface area contributed by atoms with Crippen LogP contribution in [0.2, 0.25) is 0 Å². The zero-order valence-corrected chi connectivity index (χ0v) is 7.91. The minimum Gasteiger partial charge on any atom is -0.394 e. The number of hydrogen-bond acceptors (Lipinski definition) is 6. The lowest BCUT2D eigenvalue weighted by Gasteiger charge is -2.26. The van der Waals surface area contributed by atoms with Gasteiger partial charge in [-0.05, 0) is 6.92 Å². The highest BCUT2D eigenvalue weighted by Gasteiger charge is 2.32. The van der Waals surface area contributed by atoms with E-state index in [1.54, 1.807) is 6.92 Å². The van der Waals surface area contributed by atoms with Gasteiger partial charge in [0.2, 0.25) is 0 Å². The number of carbonyl (C=O) groups is 1. The van der Waals surface area contributed by atoms with Crippen molar-refractivity contribution >= 4 is 6.29 Å². The normalized spacial score (nSPS) is 19.8. The Labute approximate surface area is 81.7 Å². The van der Waals surface area contributed by atoms with E-state index in [4.69, 9.17) is 20.1 Å². The van der Waals surface area contributed by atoms with Gasteiger partial charge in [0.15, 0.2) is 6.29 Å². The van der Waals surface area contributed by atoms with Crippen LogP contribution in [-0.2, 0) is 9.53 Å². The maximum Gasteiger partial charge on any atom is 0.151 e. The van der Waals surface area contributed by atoms with Gasteiger partial charge in [0.25, 0.3) is 0 Å². The van der Waals surface area contributed by atoms with Crippen molar-refractivity contribution in [2.45, 2.75) is 31.3 Å². The second kappa shape index (κ2) is 6.86. The van der Waals surface area contributed by atoms with Gasteiger partial charge < -0.3 is 30.0 Å². The topological polar surface area (TPSA) is 107 Å². The summed E-state index contributed by atoms with van der Waals surface area (Å²) in [6.45, 7) is 1.11.